The molecule has 3 rings (SSSR count). The van der Waals surface area contributed by atoms with E-state index in [1.165, 1.54) is 19.3 Å². The molecule has 3 aliphatic rings. The quantitative estimate of drug-likeness (QED) is 0.350. The summed E-state index contributed by atoms with van der Waals surface area (Å²) >= 11 is 0. The van der Waals surface area contributed by atoms with Crippen molar-refractivity contribution in [3.63, 3.8) is 0 Å². The Kier molecular flexibility index (Phi) is 3.82. The molecule has 3 unspecified atom stereocenters. The molecule has 0 amide bonds. The van der Waals surface area contributed by atoms with Gasteiger partial charge in [0.2, 0.25) is 0 Å². The third-order valence-corrected chi connectivity index (χ3v) is 4.00. The van der Waals surface area contributed by atoms with E-state index in [1.807, 2.05) is 0 Å². The van der Waals surface area contributed by atoms with Gasteiger partial charge in [-0.05, 0) is 17.8 Å². The molecule has 3 aliphatic carbocycles. The van der Waals surface area contributed by atoms with Crippen LogP contribution < -0.4 is 12.4 Å². The van der Waals surface area contributed by atoms with Crippen LogP contribution in [-0.4, -0.2) is 10.1 Å². The summed E-state index contributed by atoms with van der Waals surface area (Å²) < 4.78 is 0. The Morgan fingerprint density at radius 3 is 2.08 bits per heavy atom. The maximum Gasteiger partial charge on any atom is 2.00 e. The van der Waals surface area contributed by atoms with Gasteiger partial charge in [0.05, 0.1) is 0 Å². The van der Waals surface area contributed by atoms with E-state index < -0.39 is 0 Å². The summed E-state index contributed by atoms with van der Waals surface area (Å²) in [5.74, 6) is 2.75. The van der Waals surface area contributed by atoms with Crippen LogP contribution in [0.15, 0.2) is 0 Å². The molecule has 66 valence electrons. The van der Waals surface area contributed by atoms with Crippen LogP contribution in [0.3, 0.4) is 0 Å². The van der Waals surface area contributed by atoms with Gasteiger partial charge < -0.3 is 19.3 Å². The SMILES string of the molecule is [Be+2].[CH2-]C1CCC2CC1C2(C)C.[Cl-]. The molecule has 0 N–H and O–H groups in total. The summed E-state index contributed by atoms with van der Waals surface area (Å²) in [6, 6.07) is 0. The number of halogens is 1. The van der Waals surface area contributed by atoms with Crippen LogP contribution in [0.25, 0.3) is 0 Å². The van der Waals surface area contributed by atoms with Gasteiger partial charge in [0.15, 0.2) is 0 Å². The number of hydrogen-bond acceptors (Lipinski definition) is 0. The Balaban J connectivity index is 0.000000605. The van der Waals surface area contributed by atoms with Gasteiger partial charge in [-0.1, -0.05) is 32.6 Å². The van der Waals surface area contributed by atoms with Gasteiger partial charge >= 0.3 is 10.1 Å². The minimum absolute atomic E-state index is 0. The van der Waals surface area contributed by atoms with Crippen molar-refractivity contribution in [1.82, 2.24) is 0 Å². The van der Waals surface area contributed by atoms with Crippen LogP contribution in [0.4, 0.5) is 0 Å². The fourth-order valence-corrected chi connectivity index (χ4v) is 2.96. The van der Waals surface area contributed by atoms with Crippen LogP contribution in [0, 0.1) is 30.1 Å². The van der Waals surface area contributed by atoms with E-state index in [2.05, 4.69) is 20.8 Å². The van der Waals surface area contributed by atoms with Gasteiger partial charge in [0, 0.05) is 0 Å². The Morgan fingerprint density at radius 1 is 1.25 bits per heavy atom. The molecule has 0 aromatic rings. The fraction of sp³-hybridized carbons (Fsp3) is 0.900. The topological polar surface area (TPSA) is 0 Å². The molecule has 0 aliphatic heterocycles. The number of rotatable bonds is 0. The van der Waals surface area contributed by atoms with Crippen LogP contribution in [-0.2, 0) is 0 Å². The van der Waals surface area contributed by atoms with E-state index in [9.17, 15) is 0 Å². The Bertz CT molecular complexity index is 154. The number of hydrogen-bond donors (Lipinski definition) is 0. The maximum atomic E-state index is 4.21. The fourth-order valence-electron chi connectivity index (χ4n) is 2.96. The molecule has 0 saturated heterocycles. The van der Waals surface area contributed by atoms with Crippen molar-refractivity contribution in [1.29, 1.82) is 0 Å². The summed E-state index contributed by atoms with van der Waals surface area (Å²) in [5, 5.41) is 0. The summed E-state index contributed by atoms with van der Waals surface area (Å²) in [4.78, 5) is 0. The molecular formula is C10H17BeCl. The first-order valence-electron chi connectivity index (χ1n) is 4.45. The van der Waals surface area contributed by atoms with E-state index in [0.717, 1.165) is 17.8 Å². The molecule has 3 atom stereocenters. The van der Waals surface area contributed by atoms with Crippen LogP contribution in [0.2, 0.25) is 0 Å². The largest absolute Gasteiger partial charge is 2.00 e. The van der Waals surface area contributed by atoms with Gasteiger partial charge in [-0.15, -0.1) is 0 Å². The molecule has 0 heterocycles. The maximum absolute atomic E-state index is 4.21. The van der Waals surface area contributed by atoms with Crippen molar-refractivity contribution in [3.05, 3.63) is 6.92 Å². The average molecular weight is 182 g/mol. The first kappa shape index (κ1) is 12.5. The predicted molar refractivity (Wildman–Crippen MR) is 49.2 cm³/mol. The number of fused-ring (bicyclic) bond motifs is 2. The molecule has 0 spiro atoms. The molecule has 0 aromatic carbocycles. The van der Waals surface area contributed by atoms with E-state index in [-0.39, 0.29) is 22.5 Å². The van der Waals surface area contributed by atoms with Crippen molar-refractivity contribution >= 4 is 10.1 Å². The van der Waals surface area contributed by atoms with Crippen LogP contribution in [0.5, 0.6) is 0 Å². The van der Waals surface area contributed by atoms with Gasteiger partial charge in [0.25, 0.3) is 0 Å². The zero-order chi connectivity index (χ0) is 7.35. The molecular weight excluding hydrogens is 165 g/mol. The molecule has 12 heavy (non-hydrogen) atoms. The summed E-state index contributed by atoms with van der Waals surface area (Å²) in [5.41, 5.74) is 0.644. The third kappa shape index (κ3) is 1.44. The Hall–Kier alpha value is 0.459. The summed E-state index contributed by atoms with van der Waals surface area (Å²) in [6.45, 7) is 9.05. The molecule has 0 aromatic heterocycles. The normalized spacial score (nSPS) is 41.8. The molecule has 2 bridgehead atoms. The Morgan fingerprint density at radius 2 is 1.83 bits per heavy atom. The molecule has 0 nitrogen and oxygen atoms in total. The molecule has 2 heteroatoms. The second-order valence-corrected chi connectivity index (χ2v) is 4.70. The smallest absolute Gasteiger partial charge is 1.00 e. The van der Waals surface area contributed by atoms with Gasteiger partial charge in [-0.25, -0.2) is 0 Å². The van der Waals surface area contributed by atoms with E-state index in [0.29, 0.717) is 5.41 Å². The van der Waals surface area contributed by atoms with Crippen molar-refractivity contribution in [2.24, 2.45) is 23.2 Å². The molecule has 3 saturated carbocycles. The molecule has 0 radical (unpaired) electrons. The first-order valence-corrected chi connectivity index (χ1v) is 4.45. The van der Waals surface area contributed by atoms with Crippen molar-refractivity contribution in [2.45, 2.75) is 33.1 Å². The van der Waals surface area contributed by atoms with Gasteiger partial charge in [0.1, 0.15) is 0 Å². The third-order valence-electron chi connectivity index (χ3n) is 4.00. The zero-order valence-corrected chi connectivity index (χ0v) is 8.90. The van der Waals surface area contributed by atoms with Crippen molar-refractivity contribution in [2.75, 3.05) is 0 Å². The van der Waals surface area contributed by atoms with Crippen LogP contribution in [0.1, 0.15) is 33.1 Å². The first-order chi connectivity index (χ1) is 4.62. The van der Waals surface area contributed by atoms with Crippen molar-refractivity contribution < 1.29 is 12.4 Å². The summed E-state index contributed by atoms with van der Waals surface area (Å²) in [7, 11) is 0. The minimum Gasteiger partial charge on any atom is -1.00 e. The van der Waals surface area contributed by atoms with Crippen molar-refractivity contribution in [3.8, 4) is 0 Å². The standard InChI is InChI=1S/C10H17.Be.ClH/c1-7-4-5-8-6-9(7)10(8,2)3;;/h7-9H,1,4-6H2,2-3H3;;1H/q-1;+2;/p-1. The molecule has 3 fully saturated rings. The van der Waals surface area contributed by atoms with Gasteiger partial charge in [-0.3, -0.25) is 0 Å². The predicted octanol–water partition coefficient (Wildman–Crippen LogP) is -0.484. The van der Waals surface area contributed by atoms with E-state index in [4.69, 9.17) is 0 Å². The zero-order valence-electron chi connectivity index (χ0n) is 8.15. The second kappa shape index (κ2) is 3.68. The average Bonchev–Trinajstić information content (AvgIpc) is 1.87. The van der Waals surface area contributed by atoms with E-state index >= 15 is 0 Å². The van der Waals surface area contributed by atoms with Gasteiger partial charge in [-0.2, -0.15) is 5.92 Å². The Labute approximate surface area is 86.1 Å². The van der Waals surface area contributed by atoms with Crippen LogP contribution >= 0.6 is 0 Å². The minimum atomic E-state index is 0. The monoisotopic (exact) mass is 181 g/mol. The summed E-state index contributed by atoms with van der Waals surface area (Å²) in [6.07, 6.45) is 4.30. The van der Waals surface area contributed by atoms with E-state index in [1.54, 1.807) is 0 Å². The second-order valence-electron chi connectivity index (χ2n) is 4.70.